The lowest BCUT2D eigenvalue weighted by Crippen LogP contribution is -2.25. The van der Waals surface area contributed by atoms with Crippen molar-refractivity contribution in [1.29, 1.82) is 5.41 Å². The summed E-state index contributed by atoms with van der Waals surface area (Å²) in [5, 5.41) is 20.0. The van der Waals surface area contributed by atoms with E-state index in [0.717, 1.165) is 11.3 Å². The molecule has 0 bridgehead atoms. The van der Waals surface area contributed by atoms with E-state index in [1.807, 2.05) is 0 Å². The molecule has 8 heteroatoms. The molecule has 86 valence electrons. The number of hydroxylamine groups is 1. The number of hydrogen-bond donors (Lipinski definition) is 4. The molecule has 0 fully saturated rings. The highest BCUT2D eigenvalue weighted by molar-refractivity contribution is 7.14. The van der Waals surface area contributed by atoms with E-state index in [1.54, 1.807) is 5.38 Å². The molecule has 1 amide bonds. The lowest BCUT2D eigenvalue weighted by Gasteiger charge is -2.03. The Balaban J connectivity index is 2.59. The minimum absolute atomic E-state index is 0.120. The minimum atomic E-state index is -1.17. The van der Waals surface area contributed by atoms with Crippen molar-refractivity contribution in [1.82, 2.24) is 5.48 Å². The van der Waals surface area contributed by atoms with Crippen LogP contribution in [0.25, 0.3) is 0 Å². The summed E-state index contributed by atoms with van der Waals surface area (Å²) >= 11 is 1.13. The average molecular weight is 243 g/mol. The fraction of sp³-hybridized carbons (Fsp3) is 0.125. The lowest BCUT2D eigenvalue weighted by atomic mass is 10.3. The summed E-state index contributed by atoms with van der Waals surface area (Å²) in [4.78, 5) is 25.2. The van der Waals surface area contributed by atoms with Crippen LogP contribution >= 0.6 is 11.3 Å². The van der Waals surface area contributed by atoms with Crippen molar-refractivity contribution in [3.63, 3.8) is 0 Å². The molecule has 0 aromatic carbocycles. The van der Waals surface area contributed by atoms with Crippen LogP contribution in [0.15, 0.2) is 11.4 Å². The summed E-state index contributed by atoms with van der Waals surface area (Å²) in [6.45, 7) is 1.20. The van der Waals surface area contributed by atoms with Gasteiger partial charge in [0.25, 0.3) is 0 Å². The number of carbonyl (C=O) groups excluding carboxylic acids is 1. The Kier molecular flexibility index (Phi) is 3.84. The molecule has 7 nitrogen and oxygen atoms in total. The van der Waals surface area contributed by atoms with Gasteiger partial charge in [0.05, 0.1) is 5.00 Å². The molecule has 0 aliphatic carbocycles. The van der Waals surface area contributed by atoms with Gasteiger partial charge in [-0.05, 0) is 6.07 Å². The lowest BCUT2D eigenvalue weighted by molar-refractivity contribution is -0.145. The van der Waals surface area contributed by atoms with Gasteiger partial charge in [-0.15, -0.1) is 11.3 Å². The quantitative estimate of drug-likeness (QED) is 0.354. The number of thiophene rings is 1. The number of carbonyl (C=O) groups is 2. The van der Waals surface area contributed by atoms with E-state index in [-0.39, 0.29) is 5.84 Å². The Labute approximate surface area is 94.5 Å². The van der Waals surface area contributed by atoms with Crippen molar-refractivity contribution in [2.75, 3.05) is 5.32 Å². The van der Waals surface area contributed by atoms with Crippen LogP contribution in [-0.2, 0) is 9.63 Å². The maximum atomic E-state index is 10.5. The van der Waals surface area contributed by atoms with E-state index in [0.29, 0.717) is 10.6 Å². The molecule has 1 rings (SSSR count). The van der Waals surface area contributed by atoms with Crippen LogP contribution in [-0.4, -0.2) is 23.0 Å². The van der Waals surface area contributed by atoms with Gasteiger partial charge in [0.2, 0.25) is 0 Å². The van der Waals surface area contributed by atoms with Gasteiger partial charge in [-0.2, -0.15) is 0 Å². The zero-order chi connectivity index (χ0) is 12.1. The third kappa shape index (κ3) is 3.58. The maximum Gasteiger partial charge on any atom is 0.409 e. The number of hydrogen-bond acceptors (Lipinski definition) is 5. The number of rotatable bonds is 2. The molecule has 0 saturated heterocycles. The van der Waals surface area contributed by atoms with Crippen molar-refractivity contribution in [2.45, 2.75) is 6.92 Å². The third-order valence-corrected chi connectivity index (χ3v) is 2.26. The highest BCUT2D eigenvalue weighted by atomic mass is 32.1. The van der Waals surface area contributed by atoms with Crippen LogP contribution < -0.4 is 10.8 Å². The zero-order valence-electron chi connectivity index (χ0n) is 8.23. The summed E-state index contributed by atoms with van der Waals surface area (Å²) in [6, 6.07) is 1.46. The fourth-order valence-electron chi connectivity index (χ4n) is 0.820. The van der Waals surface area contributed by atoms with E-state index in [9.17, 15) is 9.59 Å². The highest BCUT2D eigenvalue weighted by Gasteiger charge is 2.07. The molecule has 4 N–H and O–H groups in total. The largest absolute Gasteiger partial charge is 0.465 e. The molecule has 16 heavy (non-hydrogen) atoms. The van der Waals surface area contributed by atoms with Crippen LogP contribution in [0.1, 0.15) is 12.5 Å². The van der Waals surface area contributed by atoms with Crippen molar-refractivity contribution in [2.24, 2.45) is 0 Å². The van der Waals surface area contributed by atoms with Crippen LogP contribution in [0.2, 0.25) is 0 Å². The molecule has 0 radical (unpaired) electrons. The Bertz CT molecular complexity index is 429. The molecule has 1 aromatic heterocycles. The summed E-state index contributed by atoms with van der Waals surface area (Å²) in [5.41, 5.74) is 2.56. The molecule has 0 atom stereocenters. The van der Waals surface area contributed by atoms with Gasteiger partial charge in [0.1, 0.15) is 0 Å². The summed E-state index contributed by atoms with van der Waals surface area (Å²) in [7, 11) is 0. The van der Waals surface area contributed by atoms with Crippen LogP contribution in [0, 0.1) is 5.41 Å². The molecule has 0 spiro atoms. The van der Waals surface area contributed by atoms with Gasteiger partial charge in [-0.1, -0.05) is 0 Å². The second-order valence-electron chi connectivity index (χ2n) is 2.70. The number of nitrogens with one attached hydrogen (secondary N) is 3. The van der Waals surface area contributed by atoms with E-state index in [1.165, 1.54) is 13.0 Å². The predicted molar refractivity (Wildman–Crippen MR) is 57.7 cm³/mol. The summed E-state index contributed by atoms with van der Waals surface area (Å²) < 4.78 is 0. The molecule has 1 heterocycles. The number of carboxylic acid groups (broad SMARTS) is 1. The zero-order valence-corrected chi connectivity index (χ0v) is 9.05. The Morgan fingerprint density at radius 2 is 2.25 bits per heavy atom. The van der Waals surface area contributed by atoms with Crippen LogP contribution in [0.5, 0.6) is 0 Å². The van der Waals surface area contributed by atoms with Crippen molar-refractivity contribution in [3.05, 3.63) is 17.0 Å². The Morgan fingerprint density at radius 3 is 2.81 bits per heavy atom. The fourth-order valence-corrected chi connectivity index (χ4v) is 1.60. The first-order chi connectivity index (χ1) is 7.49. The van der Waals surface area contributed by atoms with Gasteiger partial charge in [0, 0.05) is 17.9 Å². The molecule has 0 aliphatic rings. The first-order valence-electron chi connectivity index (χ1n) is 4.10. The van der Waals surface area contributed by atoms with E-state index in [4.69, 9.17) is 10.5 Å². The second kappa shape index (κ2) is 5.12. The van der Waals surface area contributed by atoms with E-state index < -0.39 is 12.1 Å². The van der Waals surface area contributed by atoms with E-state index >= 15 is 0 Å². The number of amidine groups is 1. The number of amides is 1. The monoisotopic (exact) mass is 243 g/mol. The molecule has 0 saturated carbocycles. The molecular formula is C8H9N3O4S. The molecule has 1 aromatic rings. The normalized spacial score (nSPS) is 9.31. The van der Waals surface area contributed by atoms with Gasteiger partial charge in [-0.25, -0.2) is 10.3 Å². The van der Waals surface area contributed by atoms with Gasteiger partial charge < -0.3 is 9.94 Å². The van der Waals surface area contributed by atoms with Gasteiger partial charge in [-0.3, -0.25) is 15.5 Å². The first-order valence-corrected chi connectivity index (χ1v) is 4.98. The maximum absolute atomic E-state index is 10.5. The smallest absolute Gasteiger partial charge is 0.409 e. The summed E-state index contributed by atoms with van der Waals surface area (Å²) in [6.07, 6.45) is -1.17. The predicted octanol–water partition coefficient (Wildman–Crippen LogP) is 1.23. The van der Waals surface area contributed by atoms with E-state index in [2.05, 4.69) is 15.6 Å². The van der Waals surface area contributed by atoms with Crippen LogP contribution in [0.3, 0.4) is 0 Å². The van der Waals surface area contributed by atoms with Gasteiger partial charge in [0.15, 0.2) is 5.84 Å². The second-order valence-corrected chi connectivity index (χ2v) is 3.61. The molecule has 0 aliphatic heterocycles. The molecule has 0 unspecified atom stereocenters. The Hall–Kier alpha value is -2.09. The summed E-state index contributed by atoms with van der Waals surface area (Å²) in [5.74, 6) is -0.686. The standard InChI is InChI=1S/C8H9N3O4S/c1-4(12)15-11-7(9)5-2-6(16-3-5)10-8(13)14/h2-3,10H,1H3,(H2,9,11)(H,13,14). The van der Waals surface area contributed by atoms with Crippen molar-refractivity contribution in [3.8, 4) is 0 Å². The third-order valence-electron chi connectivity index (χ3n) is 1.42. The average Bonchev–Trinajstić information content (AvgIpc) is 2.61. The highest BCUT2D eigenvalue weighted by Crippen LogP contribution is 2.20. The first kappa shape index (κ1) is 12.0. The SMILES string of the molecule is CC(=O)ONC(=N)c1csc(NC(=O)O)c1. The van der Waals surface area contributed by atoms with Gasteiger partial charge >= 0.3 is 12.1 Å². The Morgan fingerprint density at radius 1 is 1.56 bits per heavy atom. The number of anilines is 1. The topological polar surface area (TPSA) is 112 Å². The van der Waals surface area contributed by atoms with Crippen LogP contribution in [0.4, 0.5) is 9.80 Å². The molecular weight excluding hydrogens is 234 g/mol. The van der Waals surface area contributed by atoms with Crippen molar-refractivity contribution >= 4 is 34.2 Å². The minimum Gasteiger partial charge on any atom is -0.465 e. The van der Waals surface area contributed by atoms with Crippen molar-refractivity contribution < 1.29 is 19.5 Å².